The number of hydrogen-bond donors (Lipinski definition) is 1. The third-order valence-corrected chi connectivity index (χ3v) is 9.31. The first-order valence-electron chi connectivity index (χ1n) is 12.1. The first-order chi connectivity index (χ1) is 17.0. The lowest BCUT2D eigenvalue weighted by Gasteiger charge is -2.35. The summed E-state index contributed by atoms with van der Waals surface area (Å²) in [5.41, 5.74) is 0.713. The van der Waals surface area contributed by atoms with Crippen molar-refractivity contribution in [3.8, 4) is 0 Å². The van der Waals surface area contributed by atoms with Crippen LogP contribution in [0, 0.1) is 11.8 Å². The molecule has 4 aliphatic heterocycles. The minimum absolute atomic E-state index is 0.0910. The van der Waals surface area contributed by atoms with Gasteiger partial charge in [0.2, 0.25) is 5.91 Å². The van der Waals surface area contributed by atoms with E-state index in [1.807, 2.05) is 36.4 Å². The molecule has 2 amide bonds. The Morgan fingerprint density at radius 1 is 1.09 bits per heavy atom. The highest BCUT2D eigenvalue weighted by atomic mass is 35.5. The van der Waals surface area contributed by atoms with Gasteiger partial charge in [0.25, 0.3) is 5.91 Å². The number of cyclic esters (lactones) is 1. The first kappa shape index (κ1) is 24.4. The number of benzene rings is 1. The summed E-state index contributed by atoms with van der Waals surface area (Å²) in [6, 6.07) is 6.37. The molecule has 2 fully saturated rings. The smallest absolute Gasteiger partial charge is 0.311 e. The Hall–Kier alpha value is -2.29. The number of nitrogens with zero attached hydrogens (tertiary/aromatic N) is 2. The number of carbonyl (C=O) groups is 3. The van der Waals surface area contributed by atoms with Crippen molar-refractivity contribution < 1.29 is 24.2 Å². The molecule has 0 saturated carbocycles. The normalized spacial score (nSPS) is 32.0. The number of fused-ring (bicyclic) bond motifs is 2. The van der Waals surface area contributed by atoms with Crippen LogP contribution in [-0.4, -0.2) is 70.1 Å². The summed E-state index contributed by atoms with van der Waals surface area (Å²) in [6.45, 7) is 1.16. The molecule has 1 unspecified atom stereocenters. The Kier molecular flexibility index (Phi) is 6.97. The third kappa shape index (κ3) is 4.19. The average molecular weight is 517 g/mol. The maximum absolute atomic E-state index is 14.2. The molecule has 1 N–H and O–H groups in total. The van der Waals surface area contributed by atoms with E-state index in [4.69, 9.17) is 16.3 Å². The molecule has 1 spiro atoms. The van der Waals surface area contributed by atoms with Crippen LogP contribution in [0.5, 0.6) is 0 Å². The fourth-order valence-electron chi connectivity index (χ4n) is 5.77. The Morgan fingerprint density at radius 2 is 1.89 bits per heavy atom. The largest absolute Gasteiger partial charge is 0.465 e. The molecule has 1 aromatic carbocycles. The molecule has 0 aliphatic carbocycles. The Morgan fingerprint density at radius 3 is 2.66 bits per heavy atom. The summed E-state index contributed by atoms with van der Waals surface area (Å²) in [6.07, 6.45) is 10.7. The molecule has 0 aromatic heterocycles. The van der Waals surface area contributed by atoms with Gasteiger partial charge in [-0.3, -0.25) is 14.4 Å². The molecular formula is C26H29ClN2O5S. The fraction of sp³-hybridized carbons (Fsp3) is 0.500. The molecule has 35 heavy (non-hydrogen) atoms. The second kappa shape index (κ2) is 9.99. The van der Waals surface area contributed by atoms with E-state index in [1.165, 1.54) is 0 Å². The first-order valence-corrected chi connectivity index (χ1v) is 13.4. The molecule has 0 bridgehead atoms. The monoisotopic (exact) mass is 516 g/mol. The van der Waals surface area contributed by atoms with Gasteiger partial charge in [0.15, 0.2) is 0 Å². The number of anilines is 1. The lowest BCUT2D eigenvalue weighted by molar-refractivity contribution is -0.153. The molecule has 186 valence electrons. The van der Waals surface area contributed by atoms with Gasteiger partial charge in [-0.1, -0.05) is 35.9 Å². The van der Waals surface area contributed by atoms with Crippen molar-refractivity contribution in [3.63, 3.8) is 0 Å². The summed E-state index contributed by atoms with van der Waals surface area (Å²) in [4.78, 5) is 44.6. The SMILES string of the molecule is O=C1OCCC=C[C@H]2S[C@]34C=CCN(c5ccc(Cl)cc5)C(=O)C3N(CCCCCO)C(=O)[C@@H]4[C@@H]12. The van der Waals surface area contributed by atoms with Gasteiger partial charge < -0.3 is 19.6 Å². The number of thioether (sulfide) groups is 1. The summed E-state index contributed by atoms with van der Waals surface area (Å²) >= 11 is 7.62. The Labute approximate surface area is 214 Å². The second-order valence-electron chi connectivity index (χ2n) is 9.37. The highest BCUT2D eigenvalue weighted by Gasteiger charge is 2.70. The predicted octanol–water partition coefficient (Wildman–Crippen LogP) is 3.21. The van der Waals surface area contributed by atoms with Gasteiger partial charge in [0.05, 0.1) is 23.2 Å². The van der Waals surface area contributed by atoms with Gasteiger partial charge in [-0.25, -0.2) is 0 Å². The van der Waals surface area contributed by atoms with Crippen LogP contribution in [0.4, 0.5) is 5.69 Å². The van der Waals surface area contributed by atoms with Crippen molar-refractivity contribution in [1.82, 2.24) is 4.90 Å². The van der Waals surface area contributed by atoms with Gasteiger partial charge in [-0.2, -0.15) is 0 Å². The maximum atomic E-state index is 14.2. The average Bonchev–Trinajstić information content (AvgIpc) is 3.21. The lowest BCUT2D eigenvalue weighted by atomic mass is 9.78. The molecule has 5 rings (SSSR count). The van der Waals surface area contributed by atoms with Crippen molar-refractivity contribution in [3.05, 3.63) is 53.6 Å². The summed E-state index contributed by atoms with van der Waals surface area (Å²) in [5, 5.41) is 9.53. The molecule has 7 nitrogen and oxygen atoms in total. The van der Waals surface area contributed by atoms with Crippen molar-refractivity contribution >= 4 is 46.8 Å². The summed E-state index contributed by atoms with van der Waals surface area (Å²) < 4.78 is 4.65. The van der Waals surface area contributed by atoms with Crippen LogP contribution in [0.2, 0.25) is 5.02 Å². The Bertz CT molecular complexity index is 1060. The Balaban J connectivity index is 1.56. The van der Waals surface area contributed by atoms with Crippen LogP contribution in [0.1, 0.15) is 25.7 Å². The number of hydrogen-bond acceptors (Lipinski definition) is 6. The highest BCUT2D eigenvalue weighted by Crippen LogP contribution is 2.60. The van der Waals surface area contributed by atoms with E-state index in [-0.39, 0.29) is 29.6 Å². The maximum Gasteiger partial charge on any atom is 0.311 e. The number of ether oxygens (including phenoxy) is 1. The topological polar surface area (TPSA) is 87.2 Å². The van der Waals surface area contributed by atoms with Gasteiger partial charge in [0, 0.05) is 35.7 Å². The lowest BCUT2D eigenvalue weighted by Crippen LogP contribution is -2.53. The molecule has 1 aromatic rings. The van der Waals surface area contributed by atoms with Crippen molar-refractivity contribution in [2.24, 2.45) is 11.8 Å². The highest BCUT2D eigenvalue weighted by molar-refractivity contribution is 8.02. The van der Waals surface area contributed by atoms with Crippen molar-refractivity contribution in [1.29, 1.82) is 0 Å². The fourth-order valence-corrected chi connectivity index (χ4v) is 7.90. The van der Waals surface area contributed by atoms with Crippen molar-refractivity contribution in [2.45, 2.75) is 41.7 Å². The van der Waals surface area contributed by atoms with Crippen molar-refractivity contribution in [2.75, 3.05) is 31.2 Å². The minimum atomic E-state index is -0.852. The molecular weight excluding hydrogens is 488 g/mol. The van der Waals surface area contributed by atoms with E-state index in [0.717, 1.165) is 6.42 Å². The number of esters is 1. The molecule has 9 heteroatoms. The van der Waals surface area contributed by atoms with E-state index in [2.05, 4.69) is 0 Å². The van der Waals surface area contributed by atoms with Gasteiger partial charge >= 0.3 is 5.97 Å². The number of halogens is 1. The third-order valence-electron chi connectivity index (χ3n) is 7.32. The second-order valence-corrected chi connectivity index (χ2v) is 11.3. The zero-order valence-electron chi connectivity index (χ0n) is 19.3. The number of carbonyl (C=O) groups excluding carboxylic acids is 3. The van der Waals surface area contributed by atoms with Crippen LogP contribution in [0.25, 0.3) is 0 Å². The molecule has 5 atom stereocenters. The number of aliphatic hydroxyl groups is 1. The molecule has 4 heterocycles. The van der Waals surface area contributed by atoms with Crippen LogP contribution in [-0.2, 0) is 19.1 Å². The van der Waals surface area contributed by atoms with Gasteiger partial charge in [-0.15, -0.1) is 11.8 Å². The zero-order chi connectivity index (χ0) is 24.6. The summed E-state index contributed by atoms with van der Waals surface area (Å²) in [7, 11) is 0. The van der Waals surface area contributed by atoms with E-state index in [9.17, 15) is 19.5 Å². The summed E-state index contributed by atoms with van der Waals surface area (Å²) in [5.74, 6) is -1.98. The van der Waals surface area contributed by atoms with E-state index in [1.54, 1.807) is 33.7 Å². The van der Waals surface area contributed by atoms with E-state index in [0.29, 0.717) is 49.7 Å². The number of rotatable bonds is 6. The van der Waals surface area contributed by atoms with Crippen LogP contribution < -0.4 is 4.90 Å². The zero-order valence-corrected chi connectivity index (χ0v) is 20.9. The quantitative estimate of drug-likeness (QED) is 0.355. The minimum Gasteiger partial charge on any atom is -0.465 e. The molecule has 0 radical (unpaired) electrons. The molecule has 2 saturated heterocycles. The van der Waals surface area contributed by atoms with E-state index >= 15 is 0 Å². The van der Waals surface area contributed by atoms with Crippen LogP contribution in [0.3, 0.4) is 0 Å². The van der Waals surface area contributed by atoms with Gasteiger partial charge in [0.1, 0.15) is 6.04 Å². The van der Waals surface area contributed by atoms with Crippen LogP contribution in [0.15, 0.2) is 48.6 Å². The number of amides is 2. The van der Waals surface area contributed by atoms with E-state index < -0.39 is 22.6 Å². The predicted molar refractivity (Wildman–Crippen MR) is 135 cm³/mol. The standard InChI is InChI=1S/C26H29ClN2O5S/c27-17-8-10-18(11-9-17)28-14-6-12-26-21(20-19(35-26)7-2-5-16-34-25(20)33)23(31)29(22(26)24(28)32)13-3-1-4-15-30/h2,6-12,19-22,30H,1,3-5,13-16H2/t19-,20+,21+,22?,26+/m1/s1. The van der Waals surface area contributed by atoms with Gasteiger partial charge in [-0.05, 0) is 49.9 Å². The van der Waals surface area contributed by atoms with Crippen LogP contribution >= 0.6 is 23.4 Å². The number of unbranched alkanes of at least 4 members (excludes halogenated alkanes) is 2. The molecule has 4 aliphatic rings. The number of aliphatic hydroxyl groups excluding tert-OH is 1. The number of likely N-dealkylation sites (tertiary alicyclic amines) is 1.